The number of nitrogens with one attached hydrogen (secondary N) is 2. The van der Waals surface area contributed by atoms with E-state index in [2.05, 4.69) is 15.7 Å². The highest BCUT2D eigenvalue weighted by Crippen LogP contribution is 2.45. The van der Waals surface area contributed by atoms with Gasteiger partial charge in [-0.15, -0.1) is 0 Å². The van der Waals surface area contributed by atoms with Crippen LogP contribution in [0.1, 0.15) is 40.0 Å². The number of aromatic nitrogens is 2. The minimum atomic E-state index is -4.55. The van der Waals surface area contributed by atoms with Crippen LogP contribution >= 0.6 is 0 Å². The van der Waals surface area contributed by atoms with Gasteiger partial charge < -0.3 is 24.8 Å². The second-order valence-electron chi connectivity index (χ2n) is 7.95. The summed E-state index contributed by atoms with van der Waals surface area (Å²) < 4.78 is 58.6. The maximum atomic E-state index is 13.9. The van der Waals surface area contributed by atoms with Crippen molar-refractivity contribution in [2.45, 2.75) is 31.2 Å². The molecule has 3 aromatic rings. The summed E-state index contributed by atoms with van der Waals surface area (Å²) >= 11 is 0. The molecule has 0 bridgehead atoms. The average Bonchev–Trinajstić information content (AvgIpc) is 3.47. The van der Waals surface area contributed by atoms with Gasteiger partial charge in [-0.25, -0.2) is 4.68 Å². The number of benzene rings is 2. The highest BCUT2D eigenvalue weighted by molar-refractivity contribution is 5.98. The number of carbonyl (C=O) groups excluding carboxylic acids is 1. The smallest absolute Gasteiger partial charge is 0.410 e. The molecule has 2 aliphatic rings. The predicted octanol–water partition coefficient (Wildman–Crippen LogP) is 4.21. The molecule has 34 heavy (non-hydrogen) atoms. The molecule has 0 aliphatic carbocycles. The number of fused-ring (bicyclic) bond motifs is 2. The van der Waals surface area contributed by atoms with E-state index in [1.54, 1.807) is 42.5 Å². The van der Waals surface area contributed by atoms with Crippen molar-refractivity contribution in [1.29, 1.82) is 0 Å². The molecule has 0 saturated heterocycles. The van der Waals surface area contributed by atoms with Gasteiger partial charge in [0.15, 0.2) is 17.5 Å². The molecule has 8 nitrogen and oxygen atoms in total. The number of anilines is 1. The first-order chi connectivity index (χ1) is 16.3. The molecular formula is C23H21F3N4O4. The van der Waals surface area contributed by atoms with Crippen molar-refractivity contribution < 1.29 is 32.2 Å². The standard InChI is InChI=1S/C23H21F3N4O4/c1-32-17-5-3-2-4-14(17)16-9-20(23(24,25)26)30-21(29-16)15(11-28-30)22(31)27-10-13-6-7-18-19(8-13)34-12-33-18/h2-8,11,16,20,29H,9-10,12H2,1H3,(H,27,31)/t16-,20+/m0/s1. The first-order valence-corrected chi connectivity index (χ1v) is 10.6. The Balaban J connectivity index is 1.41. The lowest BCUT2D eigenvalue weighted by molar-refractivity contribution is -0.173. The summed E-state index contributed by atoms with van der Waals surface area (Å²) in [4.78, 5) is 12.9. The lowest BCUT2D eigenvalue weighted by atomic mass is 9.95. The SMILES string of the molecule is COc1ccccc1[C@@H]1C[C@H](C(F)(F)F)n2ncc(C(=O)NCc3ccc4c(c3)OCO4)c2N1. The monoisotopic (exact) mass is 474 g/mol. The number of rotatable bonds is 5. The van der Waals surface area contributed by atoms with Crippen molar-refractivity contribution in [2.75, 3.05) is 19.2 Å². The lowest BCUT2D eigenvalue weighted by Gasteiger charge is -2.34. The molecule has 2 aliphatic heterocycles. The number of nitrogens with zero attached hydrogens (tertiary/aromatic N) is 2. The number of para-hydroxylation sites is 1. The van der Waals surface area contributed by atoms with Gasteiger partial charge in [0.25, 0.3) is 5.91 Å². The third kappa shape index (κ3) is 3.97. The lowest BCUT2D eigenvalue weighted by Crippen LogP contribution is -2.36. The molecule has 2 atom stereocenters. The Bertz CT molecular complexity index is 1230. The molecule has 178 valence electrons. The normalized spacial score (nSPS) is 18.7. The van der Waals surface area contributed by atoms with Crippen molar-refractivity contribution in [3.63, 3.8) is 0 Å². The van der Waals surface area contributed by atoms with Gasteiger partial charge in [-0.05, 0) is 23.8 Å². The van der Waals surface area contributed by atoms with Crippen molar-refractivity contribution in [3.05, 3.63) is 65.4 Å². The van der Waals surface area contributed by atoms with Crippen LogP contribution < -0.4 is 24.8 Å². The summed E-state index contributed by atoms with van der Waals surface area (Å²) in [6.07, 6.45) is -3.69. The summed E-state index contributed by atoms with van der Waals surface area (Å²) in [7, 11) is 1.46. The van der Waals surface area contributed by atoms with Gasteiger partial charge in [0.1, 0.15) is 17.1 Å². The topological polar surface area (TPSA) is 86.6 Å². The third-order valence-corrected chi connectivity index (χ3v) is 5.89. The third-order valence-electron chi connectivity index (χ3n) is 5.89. The highest BCUT2D eigenvalue weighted by atomic mass is 19.4. The van der Waals surface area contributed by atoms with Crippen LogP contribution in [-0.4, -0.2) is 35.8 Å². The van der Waals surface area contributed by atoms with E-state index in [0.717, 1.165) is 16.4 Å². The summed E-state index contributed by atoms with van der Waals surface area (Å²) in [5, 5.41) is 9.72. The Morgan fingerprint density at radius 1 is 1.24 bits per heavy atom. The van der Waals surface area contributed by atoms with E-state index in [1.807, 2.05) is 0 Å². The number of methoxy groups -OCH3 is 1. The summed E-state index contributed by atoms with van der Waals surface area (Å²) in [6.45, 7) is 0.284. The number of carbonyl (C=O) groups is 1. The maximum absolute atomic E-state index is 13.9. The molecule has 0 fully saturated rings. The van der Waals surface area contributed by atoms with Crippen molar-refractivity contribution in [1.82, 2.24) is 15.1 Å². The Labute approximate surface area is 192 Å². The zero-order valence-corrected chi connectivity index (χ0v) is 18.1. The summed E-state index contributed by atoms with van der Waals surface area (Å²) in [5.41, 5.74) is 1.35. The Kier molecular flexibility index (Phi) is 5.46. The second-order valence-corrected chi connectivity index (χ2v) is 7.95. The zero-order chi connectivity index (χ0) is 23.9. The van der Waals surface area contributed by atoms with Gasteiger partial charge in [-0.1, -0.05) is 24.3 Å². The Hall–Kier alpha value is -3.89. The fourth-order valence-corrected chi connectivity index (χ4v) is 4.22. The number of hydrogen-bond acceptors (Lipinski definition) is 6. The fourth-order valence-electron chi connectivity index (χ4n) is 4.22. The largest absolute Gasteiger partial charge is 0.496 e. The molecule has 0 radical (unpaired) electrons. The minimum Gasteiger partial charge on any atom is -0.496 e. The quantitative estimate of drug-likeness (QED) is 0.576. The number of amides is 1. The molecule has 3 heterocycles. The molecule has 0 unspecified atom stereocenters. The van der Waals surface area contributed by atoms with Gasteiger partial charge in [-0.3, -0.25) is 4.79 Å². The van der Waals surface area contributed by atoms with Crippen molar-refractivity contribution >= 4 is 11.7 Å². The number of halogens is 3. The van der Waals surface area contributed by atoms with E-state index in [0.29, 0.717) is 22.8 Å². The minimum absolute atomic E-state index is 0.00710. The van der Waals surface area contributed by atoms with Crippen LogP contribution in [0.25, 0.3) is 0 Å². The predicted molar refractivity (Wildman–Crippen MR) is 115 cm³/mol. The highest BCUT2D eigenvalue weighted by Gasteiger charge is 2.47. The van der Waals surface area contributed by atoms with E-state index < -0.39 is 24.2 Å². The van der Waals surface area contributed by atoms with Crippen LogP contribution in [0, 0.1) is 0 Å². The first kappa shape index (κ1) is 21.9. The molecule has 1 aromatic heterocycles. The number of hydrogen-bond donors (Lipinski definition) is 2. The fraction of sp³-hybridized carbons (Fsp3) is 0.304. The van der Waals surface area contributed by atoms with Crippen molar-refractivity contribution in [3.8, 4) is 17.2 Å². The Morgan fingerprint density at radius 3 is 2.82 bits per heavy atom. The van der Waals surface area contributed by atoms with E-state index >= 15 is 0 Å². The Morgan fingerprint density at radius 2 is 2.03 bits per heavy atom. The van der Waals surface area contributed by atoms with Crippen LogP contribution in [0.15, 0.2) is 48.7 Å². The van der Waals surface area contributed by atoms with Crippen molar-refractivity contribution in [2.24, 2.45) is 0 Å². The van der Waals surface area contributed by atoms with E-state index in [9.17, 15) is 18.0 Å². The molecule has 0 spiro atoms. The van der Waals surface area contributed by atoms with Gasteiger partial charge in [0, 0.05) is 18.5 Å². The molecule has 2 aromatic carbocycles. The average molecular weight is 474 g/mol. The van der Waals surface area contributed by atoms with Crippen LogP contribution in [0.2, 0.25) is 0 Å². The van der Waals surface area contributed by atoms with E-state index in [1.165, 1.54) is 7.11 Å². The van der Waals surface area contributed by atoms with Crippen LogP contribution in [0.3, 0.4) is 0 Å². The first-order valence-electron chi connectivity index (χ1n) is 10.6. The van der Waals surface area contributed by atoms with E-state index in [-0.39, 0.29) is 31.1 Å². The molecule has 11 heteroatoms. The summed E-state index contributed by atoms with van der Waals surface area (Å²) in [5.74, 6) is 1.11. The van der Waals surface area contributed by atoms with Gasteiger partial charge >= 0.3 is 6.18 Å². The molecule has 1 amide bonds. The number of ether oxygens (including phenoxy) is 3. The summed E-state index contributed by atoms with van der Waals surface area (Å²) in [6, 6.07) is 9.49. The van der Waals surface area contributed by atoms with Gasteiger partial charge in [0.2, 0.25) is 6.79 Å². The maximum Gasteiger partial charge on any atom is 0.410 e. The van der Waals surface area contributed by atoms with Gasteiger partial charge in [-0.2, -0.15) is 18.3 Å². The van der Waals surface area contributed by atoms with Gasteiger partial charge in [0.05, 0.1) is 19.3 Å². The second kappa shape index (κ2) is 8.47. The number of alkyl halides is 3. The molecule has 5 rings (SSSR count). The van der Waals surface area contributed by atoms with Crippen LogP contribution in [0.4, 0.5) is 19.0 Å². The van der Waals surface area contributed by atoms with Crippen LogP contribution in [0.5, 0.6) is 17.2 Å². The van der Waals surface area contributed by atoms with E-state index in [4.69, 9.17) is 14.2 Å². The zero-order valence-electron chi connectivity index (χ0n) is 18.1. The molecule has 2 N–H and O–H groups in total. The molecular weight excluding hydrogens is 453 g/mol. The molecule has 0 saturated carbocycles. The van der Waals surface area contributed by atoms with Crippen LogP contribution in [-0.2, 0) is 6.54 Å².